The van der Waals surface area contributed by atoms with Crippen molar-refractivity contribution in [1.82, 2.24) is 0 Å². The van der Waals surface area contributed by atoms with Crippen molar-refractivity contribution in [3.8, 4) is 0 Å². The summed E-state index contributed by atoms with van der Waals surface area (Å²) in [4.78, 5) is 0. The van der Waals surface area contributed by atoms with E-state index in [1.54, 1.807) is 0 Å². The summed E-state index contributed by atoms with van der Waals surface area (Å²) in [6.07, 6.45) is 5.83. The van der Waals surface area contributed by atoms with Crippen molar-refractivity contribution in [2.45, 2.75) is 60.3 Å². The third kappa shape index (κ3) is 2.74. The summed E-state index contributed by atoms with van der Waals surface area (Å²) >= 11 is 0. The first-order valence-corrected chi connectivity index (χ1v) is 6.56. The van der Waals surface area contributed by atoms with Crippen molar-refractivity contribution >= 4 is 0 Å². The molecule has 0 heteroatoms. The lowest BCUT2D eigenvalue weighted by molar-refractivity contribution is 0.0511. The van der Waals surface area contributed by atoms with Gasteiger partial charge in [-0.2, -0.15) is 0 Å². The molecule has 0 aromatic rings. The Kier molecular flexibility index (Phi) is 4.47. The van der Waals surface area contributed by atoms with E-state index in [0.29, 0.717) is 0 Å². The minimum atomic E-state index is 0.869. The van der Waals surface area contributed by atoms with Crippen LogP contribution in [-0.2, 0) is 0 Å². The molecule has 0 bridgehead atoms. The van der Waals surface area contributed by atoms with Crippen molar-refractivity contribution in [2.24, 2.45) is 29.6 Å². The Labute approximate surface area is 90.5 Å². The van der Waals surface area contributed by atoms with Crippen LogP contribution in [0.25, 0.3) is 0 Å². The fourth-order valence-corrected chi connectivity index (χ4v) is 2.97. The molecule has 1 aliphatic carbocycles. The van der Waals surface area contributed by atoms with Gasteiger partial charge >= 0.3 is 0 Å². The van der Waals surface area contributed by atoms with Gasteiger partial charge < -0.3 is 0 Å². The molecule has 4 atom stereocenters. The summed E-state index contributed by atoms with van der Waals surface area (Å²) < 4.78 is 0. The van der Waals surface area contributed by atoms with Crippen LogP contribution in [0.4, 0.5) is 0 Å². The molecule has 0 spiro atoms. The standard InChI is InChI=1S/C14H28/c1-6-7-14-12(5)9-13(14)8-11(4)10(2)3/h10-14H,6-9H2,1-5H3. The Hall–Kier alpha value is 0. The van der Waals surface area contributed by atoms with E-state index in [4.69, 9.17) is 0 Å². The van der Waals surface area contributed by atoms with Crippen molar-refractivity contribution in [3.63, 3.8) is 0 Å². The normalized spacial score (nSPS) is 34.3. The predicted octanol–water partition coefficient (Wildman–Crippen LogP) is 4.74. The van der Waals surface area contributed by atoms with Gasteiger partial charge in [0.05, 0.1) is 0 Å². The zero-order valence-corrected chi connectivity index (χ0v) is 10.7. The van der Waals surface area contributed by atoms with Crippen molar-refractivity contribution < 1.29 is 0 Å². The molecule has 0 N–H and O–H groups in total. The van der Waals surface area contributed by atoms with Gasteiger partial charge in [-0.3, -0.25) is 0 Å². The van der Waals surface area contributed by atoms with E-state index in [2.05, 4.69) is 34.6 Å². The van der Waals surface area contributed by atoms with Gasteiger partial charge in [0.2, 0.25) is 0 Å². The van der Waals surface area contributed by atoms with Gasteiger partial charge in [-0.1, -0.05) is 47.5 Å². The summed E-state index contributed by atoms with van der Waals surface area (Å²) in [7, 11) is 0. The lowest BCUT2D eigenvalue weighted by atomic mass is 9.61. The van der Waals surface area contributed by atoms with E-state index in [1.807, 2.05) is 0 Å². The Morgan fingerprint density at radius 3 is 2.29 bits per heavy atom. The summed E-state index contributed by atoms with van der Waals surface area (Å²) in [5, 5.41) is 0. The van der Waals surface area contributed by atoms with Crippen LogP contribution in [0.5, 0.6) is 0 Å². The van der Waals surface area contributed by atoms with Crippen molar-refractivity contribution in [2.75, 3.05) is 0 Å². The molecule has 0 aromatic carbocycles. The maximum Gasteiger partial charge on any atom is -0.0360 e. The molecule has 0 aliphatic heterocycles. The van der Waals surface area contributed by atoms with Crippen LogP contribution in [0.15, 0.2) is 0 Å². The van der Waals surface area contributed by atoms with E-state index in [9.17, 15) is 0 Å². The topological polar surface area (TPSA) is 0 Å². The molecule has 1 rings (SSSR count). The third-order valence-corrected chi connectivity index (χ3v) is 4.45. The molecule has 0 saturated heterocycles. The Bertz CT molecular complexity index is 159. The van der Waals surface area contributed by atoms with Crippen LogP contribution in [0.2, 0.25) is 0 Å². The highest BCUT2D eigenvalue weighted by atomic mass is 14.4. The fraction of sp³-hybridized carbons (Fsp3) is 1.00. The number of hydrogen-bond donors (Lipinski definition) is 0. The molecule has 4 unspecified atom stereocenters. The largest absolute Gasteiger partial charge is 0.0654 e. The van der Waals surface area contributed by atoms with E-state index in [1.165, 1.54) is 25.7 Å². The van der Waals surface area contributed by atoms with E-state index in [0.717, 1.165) is 29.6 Å². The highest BCUT2D eigenvalue weighted by Crippen LogP contribution is 2.46. The molecular weight excluding hydrogens is 168 g/mol. The second-order valence-corrected chi connectivity index (χ2v) is 5.88. The van der Waals surface area contributed by atoms with Gasteiger partial charge in [-0.25, -0.2) is 0 Å². The number of hydrogen-bond acceptors (Lipinski definition) is 0. The fourth-order valence-electron chi connectivity index (χ4n) is 2.97. The lowest BCUT2D eigenvalue weighted by Gasteiger charge is -2.45. The maximum atomic E-state index is 2.44. The molecule has 0 heterocycles. The van der Waals surface area contributed by atoms with Crippen LogP contribution in [0.3, 0.4) is 0 Å². The minimum absolute atomic E-state index is 0.869. The second-order valence-electron chi connectivity index (χ2n) is 5.88. The van der Waals surface area contributed by atoms with Crippen molar-refractivity contribution in [3.05, 3.63) is 0 Å². The van der Waals surface area contributed by atoms with Crippen LogP contribution in [-0.4, -0.2) is 0 Å². The molecule has 1 fully saturated rings. The van der Waals surface area contributed by atoms with Crippen LogP contribution in [0, 0.1) is 29.6 Å². The minimum Gasteiger partial charge on any atom is -0.0654 e. The molecule has 1 aliphatic rings. The van der Waals surface area contributed by atoms with E-state index < -0.39 is 0 Å². The first-order chi connectivity index (χ1) is 6.56. The number of rotatable bonds is 5. The molecular formula is C14H28. The van der Waals surface area contributed by atoms with Crippen LogP contribution in [0.1, 0.15) is 60.3 Å². The van der Waals surface area contributed by atoms with Gasteiger partial charge in [0.15, 0.2) is 0 Å². The molecule has 14 heavy (non-hydrogen) atoms. The van der Waals surface area contributed by atoms with Crippen molar-refractivity contribution in [1.29, 1.82) is 0 Å². The van der Waals surface area contributed by atoms with Gasteiger partial charge in [0.25, 0.3) is 0 Å². The zero-order valence-electron chi connectivity index (χ0n) is 10.7. The first kappa shape index (κ1) is 12.1. The molecule has 84 valence electrons. The van der Waals surface area contributed by atoms with E-state index in [-0.39, 0.29) is 0 Å². The Morgan fingerprint density at radius 2 is 1.86 bits per heavy atom. The lowest BCUT2D eigenvalue weighted by Crippen LogP contribution is -2.36. The first-order valence-electron chi connectivity index (χ1n) is 6.56. The summed E-state index contributed by atoms with van der Waals surface area (Å²) in [6, 6.07) is 0. The van der Waals surface area contributed by atoms with E-state index >= 15 is 0 Å². The van der Waals surface area contributed by atoms with Gasteiger partial charge in [0.1, 0.15) is 0 Å². The SMILES string of the molecule is CCCC1C(C)CC1CC(C)C(C)C. The average Bonchev–Trinajstić information content (AvgIpc) is 2.13. The van der Waals surface area contributed by atoms with Gasteiger partial charge in [-0.05, 0) is 42.4 Å². The monoisotopic (exact) mass is 196 g/mol. The zero-order chi connectivity index (χ0) is 10.7. The molecule has 0 amide bonds. The summed E-state index contributed by atoms with van der Waals surface area (Å²) in [5.74, 6) is 4.92. The highest BCUT2D eigenvalue weighted by molar-refractivity contribution is 4.87. The summed E-state index contributed by atoms with van der Waals surface area (Å²) in [5.41, 5.74) is 0. The third-order valence-electron chi connectivity index (χ3n) is 4.45. The molecule has 1 saturated carbocycles. The summed E-state index contributed by atoms with van der Waals surface area (Å²) in [6.45, 7) is 11.9. The maximum absolute atomic E-state index is 2.44. The quantitative estimate of drug-likeness (QED) is 0.595. The molecule has 0 nitrogen and oxygen atoms in total. The van der Waals surface area contributed by atoms with Crippen LogP contribution < -0.4 is 0 Å². The predicted molar refractivity (Wildman–Crippen MR) is 64.3 cm³/mol. The Balaban J connectivity index is 2.32. The highest BCUT2D eigenvalue weighted by Gasteiger charge is 2.37. The second kappa shape index (κ2) is 5.19. The average molecular weight is 196 g/mol. The molecule has 0 radical (unpaired) electrons. The molecule has 0 aromatic heterocycles. The van der Waals surface area contributed by atoms with Crippen LogP contribution >= 0.6 is 0 Å². The smallest absolute Gasteiger partial charge is 0.0360 e. The Morgan fingerprint density at radius 1 is 1.21 bits per heavy atom. The van der Waals surface area contributed by atoms with Gasteiger partial charge in [0, 0.05) is 0 Å². The van der Waals surface area contributed by atoms with Gasteiger partial charge in [-0.15, -0.1) is 0 Å².